The van der Waals surface area contributed by atoms with E-state index in [2.05, 4.69) is 0 Å². The number of carbonyl (C=O) groups excluding carboxylic acids is 3. The van der Waals surface area contributed by atoms with Gasteiger partial charge in [-0.3, -0.25) is 14.4 Å². The smallest absolute Gasteiger partial charge is 0.303 e. The van der Waals surface area contributed by atoms with Crippen LogP contribution < -0.4 is 0 Å². The van der Waals surface area contributed by atoms with Crippen molar-refractivity contribution in [3.8, 4) is 0 Å². The average Bonchev–Trinajstić information content (AvgIpc) is 2.62. The van der Waals surface area contributed by atoms with E-state index >= 15 is 0 Å². The predicted molar refractivity (Wildman–Crippen MR) is 93.6 cm³/mol. The van der Waals surface area contributed by atoms with E-state index in [1.807, 2.05) is 30.3 Å². The molecule has 0 saturated carbocycles. The van der Waals surface area contributed by atoms with E-state index in [-0.39, 0.29) is 13.2 Å². The first-order chi connectivity index (χ1) is 13.3. The first-order valence-electron chi connectivity index (χ1n) is 8.74. The molecule has 0 bridgehead atoms. The van der Waals surface area contributed by atoms with Crippen molar-refractivity contribution in [3.63, 3.8) is 0 Å². The Kier molecular flexibility index (Phi) is 7.91. The largest absolute Gasteiger partial charge is 0.463 e. The number of aliphatic hydroxyl groups excluding tert-OH is 1. The van der Waals surface area contributed by atoms with Gasteiger partial charge in [0.15, 0.2) is 18.5 Å². The van der Waals surface area contributed by atoms with Gasteiger partial charge in [-0.2, -0.15) is 0 Å². The summed E-state index contributed by atoms with van der Waals surface area (Å²) in [5.74, 6) is -1.89. The van der Waals surface area contributed by atoms with Gasteiger partial charge in [-0.25, -0.2) is 0 Å². The van der Waals surface area contributed by atoms with Crippen molar-refractivity contribution in [2.45, 2.75) is 58.1 Å². The quantitative estimate of drug-likeness (QED) is 0.525. The number of rotatable bonds is 7. The summed E-state index contributed by atoms with van der Waals surface area (Å²) in [6, 6.07) is 9.15. The van der Waals surface area contributed by atoms with Gasteiger partial charge in [-0.1, -0.05) is 30.3 Å². The number of aliphatic hydroxyl groups is 1. The van der Waals surface area contributed by atoms with E-state index in [0.717, 1.165) is 5.56 Å². The topological polar surface area (TPSA) is 118 Å². The number of esters is 3. The van der Waals surface area contributed by atoms with Crippen LogP contribution in [0, 0.1) is 0 Å². The minimum Gasteiger partial charge on any atom is -0.463 e. The second-order valence-electron chi connectivity index (χ2n) is 6.28. The Bertz CT molecular complexity index is 675. The highest BCUT2D eigenvalue weighted by Crippen LogP contribution is 2.28. The summed E-state index contributed by atoms with van der Waals surface area (Å²) >= 11 is 0. The summed E-state index contributed by atoms with van der Waals surface area (Å²) in [7, 11) is 0. The summed E-state index contributed by atoms with van der Waals surface area (Å²) < 4.78 is 26.6. The molecule has 5 atom stereocenters. The Morgan fingerprint density at radius 2 is 1.54 bits per heavy atom. The molecule has 1 N–H and O–H groups in total. The third-order valence-electron chi connectivity index (χ3n) is 3.95. The molecule has 28 heavy (non-hydrogen) atoms. The van der Waals surface area contributed by atoms with Gasteiger partial charge in [-0.05, 0) is 5.56 Å². The molecule has 1 fully saturated rings. The molecular weight excluding hydrogens is 372 g/mol. The molecular formula is C19H24O9. The normalized spacial score (nSPS) is 26.9. The maximum Gasteiger partial charge on any atom is 0.303 e. The molecule has 1 heterocycles. The molecule has 0 amide bonds. The minimum atomic E-state index is -1.50. The Morgan fingerprint density at radius 3 is 2.11 bits per heavy atom. The van der Waals surface area contributed by atoms with Crippen molar-refractivity contribution >= 4 is 17.9 Å². The molecule has 154 valence electrons. The summed E-state index contributed by atoms with van der Waals surface area (Å²) in [4.78, 5) is 34.3. The van der Waals surface area contributed by atoms with Crippen molar-refractivity contribution in [3.05, 3.63) is 35.9 Å². The number of benzene rings is 1. The van der Waals surface area contributed by atoms with Crippen LogP contribution in [-0.2, 0) is 44.7 Å². The van der Waals surface area contributed by atoms with E-state index < -0.39 is 48.6 Å². The molecule has 0 aromatic heterocycles. The molecule has 1 aromatic carbocycles. The van der Waals surface area contributed by atoms with Crippen molar-refractivity contribution in [1.82, 2.24) is 0 Å². The highest BCUT2D eigenvalue weighted by Gasteiger charge is 2.50. The van der Waals surface area contributed by atoms with Gasteiger partial charge >= 0.3 is 17.9 Å². The Balaban J connectivity index is 2.22. The monoisotopic (exact) mass is 396 g/mol. The van der Waals surface area contributed by atoms with E-state index in [1.54, 1.807) is 0 Å². The highest BCUT2D eigenvalue weighted by atomic mass is 16.7. The number of carbonyl (C=O) groups is 3. The van der Waals surface area contributed by atoms with Crippen LogP contribution in [0.3, 0.4) is 0 Å². The van der Waals surface area contributed by atoms with Crippen molar-refractivity contribution in [2.24, 2.45) is 0 Å². The van der Waals surface area contributed by atoms with Crippen LogP contribution in [0.4, 0.5) is 0 Å². The molecule has 9 nitrogen and oxygen atoms in total. The molecule has 1 saturated heterocycles. The van der Waals surface area contributed by atoms with Crippen molar-refractivity contribution in [2.75, 3.05) is 6.61 Å². The maximum atomic E-state index is 11.6. The second kappa shape index (κ2) is 10.2. The number of hydrogen-bond acceptors (Lipinski definition) is 9. The van der Waals surface area contributed by atoms with Crippen LogP contribution in [0.2, 0.25) is 0 Å². The van der Waals surface area contributed by atoms with Crippen LogP contribution >= 0.6 is 0 Å². The van der Waals surface area contributed by atoms with Gasteiger partial charge in [0.2, 0.25) is 0 Å². The molecule has 1 aliphatic rings. The van der Waals surface area contributed by atoms with Crippen LogP contribution in [0.1, 0.15) is 26.3 Å². The zero-order valence-corrected chi connectivity index (χ0v) is 15.9. The van der Waals surface area contributed by atoms with Crippen molar-refractivity contribution < 1.29 is 43.2 Å². The summed E-state index contributed by atoms with van der Waals surface area (Å²) in [6.07, 6.45) is -5.95. The van der Waals surface area contributed by atoms with E-state index in [4.69, 9.17) is 23.7 Å². The predicted octanol–water partition coefficient (Wildman–Crippen LogP) is 0.715. The molecule has 0 spiro atoms. The van der Waals surface area contributed by atoms with E-state index in [1.165, 1.54) is 20.8 Å². The summed E-state index contributed by atoms with van der Waals surface area (Å²) in [5.41, 5.74) is 0.822. The second-order valence-corrected chi connectivity index (χ2v) is 6.28. The lowest BCUT2D eigenvalue weighted by Gasteiger charge is -2.43. The van der Waals surface area contributed by atoms with Gasteiger partial charge in [0.25, 0.3) is 0 Å². The van der Waals surface area contributed by atoms with E-state index in [0.29, 0.717) is 0 Å². The zero-order chi connectivity index (χ0) is 20.7. The standard InChI is InChI=1S/C19H24O9/c1-11(20)24-10-15-16(26-12(2)21)17(27-13(3)22)18(19(23)28-15)25-9-14-7-5-4-6-8-14/h4-8,15-19,23H,9-10H2,1-3H3. The highest BCUT2D eigenvalue weighted by molar-refractivity contribution is 5.67. The fraction of sp³-hybridized carbons (Fsp3) is 0.526. The third kappa shape index (κ3) is 6.29. The molecule has 0 aliphatic carbocycles. The molecule has 2 rings (SSSR count). The number of ether oxygens (including phenoxy) is 5. The third-order valence-corrected chi connectivity index (χ3v) is 3.95. The lowest BCUT2D eigenvalue weighted by atomic mass is 9.98. The Hall–Kier alpha value is -2.49. The van der Waals surface area contributed by atoms with Crippen LogP contribution in [0.5, 0.6) is 0 Å². The van der Waals surface area contributed by atoms with Crippen molar-refractivity contribution in [1.29, 1.82) is 0 Å². The molecule has 0 radical (unpaired) electrons. The fourth-order valence-electron chi connectivity index (χ4n) is 2.83. The molecule has 5 unspecified atom stereocenters. The van der Waals surface area contributed by atoms with Crippen LogP contribution in [-0.4, -0.2) is 60.3 Å². The zero-order valence-electron chi connectivity index (χ0n) is 15.9. The van der Waals surface area contributed by atoms with Crippen LogP contribution in [0.15, 0.2) is 30.3 Å². The van der Waals surface area contributed by atoms with Crippen LogP contribution in [0.25, 0.3) is 0 Å². The molecule has 1 aromatic rings. The summed E-state index contributed by atoms with van der Waals surface area (Å²) in [5, 5.41) is 10.4. The van der Waals surface area contributed by atoms with Gasteiger partial charge in [0.1, 0.15) is 18.8 Å². The van der Waals surface area contributed by atoms with Gasteiger partial charge < -0.3 is 28.8 Å². The van der Waals surface area contributed by atoms with E-state index in [9.17, 15) is 19.5 Å². The molecule has 9 heteroatoms. The lowest BCUT2D eigenvalue weighted by molar-refractivity contribution is -0.303. The summed E-state index contributed by atoms with van der Waals surface area (Å²) in [6.45, 7) is 3.37. The van der Waals surface area contributed by atoms with Gasteiger partial charge in [-0.15, -0.1) is 0 Å². The minimum absolute atomic E-state index is 0.102. The Labute approximate surface area is 162 Å². The maximum absolute atomic E-state index is 11.6. The first-order valence-corrected chi connectivity index (χ1v) is 8.74. The SMILES string of the molecule is CC(=O)OCC1OC(O)C(OCc2ccccc2)C(OC(C)=O)C1OC(C)=O. The lowest BCUT2D eigenvalue weighted by Crippen LogP contribution is -2.62. The molecule has 1 aliphatic heterocycles. The Morgan fingerprint density at radius 1 is 0.929 bits per heavy atom. The average molecular weight is 396 g/mol. The first kappa shape index (κ1) is 21.8. The van der Waals surface area contributed by atoms with Gasteiger partial charge in [0.05, 0.1) is 6.61 Å². The fourth-order valence-corrected chi connectivity index (χ4v) is 2.83. The number of hydrogen-bond donors (Lipinski definition) is 1. The van der Waals surface area contributed by atoms with Gasteiger partial charge in [0, 0.05) is 20.8 Å².